The number of rotatable bonds is 3. The van der Waals surface area contributed by atoms with Crippen molar-refractivity contribution >= 4 is 17.7 Å². The van der Waals surface area contributed by atoms with Crippen molar-refractivity contribution in [2.75, 3.05) is 0 Å². The van der Waals surface area contributed by atoms with Crippen molar-refractivity contribution in [3.05, 3.63) is 59.9 Å². The second-order valence-electron chi connectivity index (χ2n) is 3.33. The fraction of sp³-hybridized carbons (Fsp3) is 0. The zero-order valence-corrected chi connectivity index (χ0v) is 9.58. The van der Waals surface area contributed by atoms with E-state index in [1.54, 1.807) is 6.07 Å². The predicted molar refractivity (Wildman–Crippen MR) is 63.9 cm³/mol. The van der Waals surface area contributed by atoms with Gasteiger partial charge in [0.05, 0.1) is 0 Å². The zero-order chi connectivity index (χ0) is 12.3. The van der Waals surface area contributed by atoms with Gasteiger partial charge in [-0.05, 0) is 24.3 Å². The van der Waals surface area contributed by atoms with Crippen LogP contribution in [0.25, 0.3) is 0 Å². The molecule has 0 aliphatic heterocycles. The van der Waals surface area contributed by atoms with E-state index in [1.807, 2.05) is 30.3 Å². The minimum Gasteiger partial charge on any atom is -0.478 e. The third-order valence-electron chi connectivity index (χ3n) is 2.16. The van der Waals surface area contributed by atoms with E-state index in [0.717, 1.165) is 11.0 Å². The average Bonchev–Trinajstić information content (AvgIpc) is 2.30. The van der Waals surface area contributed by atoms with Gasteiger partial charge in [-0.15, -0.1) is 0 Å². The smallest absolute Gasteiger partial charge is 0.339 e. The highest BCUT2D eigenvalue weighted by Crippen LogP contribution is 2.31. The summed E-state index contributed by atoms with van der Waals surface area (Å²) < 4.78 is 13.4. The van der Waals surface area contributed by atoms with Crippen LogP contribution < -0.4 is 0 Å². The molecule has 4 heteroatoms. The standard InChI is InChI=1S/C13H9FO2S/c14-10-7-4-8-11(12(10)13(15)16)17-9-5-2-1-3-6-9/h1-8H,(H,15,16). The van der Waals surface area contributed by atoms with E-state index in [9.17, 15) is 9.18 Å². The van der Waals surface area contributed by atoms with Gasteiger partial charge in [0.15, 0.2) is 0 Å². The highest BCUT2D eigenvalue weighted by atomic mass is 32.2. The van der Waals surface area contributed by atoms with Crippen molar-refractivity contribution in [2.24, 2.45) is 0 Å². The van der Waals surface area contributed by atoms with Gasteiger partial charge in [-0.3, -0.25) is 0 Å². The van der Waals surface area contributed by atoms with E-state index >= 15 is 0 Å². The summed E-state index contributed by atoms with van der Waals surface area (Å²) in [6.07, 6.45) is 0. The van der Waals surface area contributed by atoms with Crippen molar-refractivity contribution in [1.29, 1.82) is 0 Å². The van der Waals surface area contributed by atoms with Crippen molar-refractivity contribution in [3.8, 4) is 0 Å². The molecular weight excluding hydrogens is 239 g/mol. The Morgan fingerprint density at radius 2 is 1.76 bits per heavy atom. The summed E-state index contributed by atoms with van der Waals surface area (Å²) in [6.45, 7) is 0. The summed E-state index contributed by atoms with van der Waals surface area (Å²) in [5.41, 5.74) is -0.277. The van der Waals surface area contributed by atoms with Crippen LogP contribution in [-0.2, 0) is 0 Å². The molecule has 0 aliphatic rings. The molecule has 2 nitrogen and oxygen atoms in total. The second kappa shape index (κ2) is 5.01. The van der Waals surface area contributed by atoms with Crippen LogP contribution in [0.5, 0.6) is 0 Å². The van der Waals surface area contributed by atoms with Crippen LogP contribution >= 0.6 is 11.8 Å². The van der Waals surface area contributed by atoms with Crippen LogP contribution in [0.2, 0.25) is 0 Å². The maximum absolute atomic E-state index is 13.4. The zero-order valence-electron chi connectivity index (χ0n) is 8.76. The minimum absolute atomic E-state index is 0.277. The number of benzene rings is 2. The molecule has 0 atom stereocenters. The number of carbonyl (C=O) groups is 1. The average molecular weight is 248 g/mol. The van der Waals surface area contributed by atoms with E-state index in [1.165, 1.54) is 17.8 Å². The first-order valence-corrected chi connectivity index (χ1v) is 5.75. The van der Waals surface area contributed by atoms with Gasteiger partial charge in [0, 0.05) is 9.79 Å². The summed E-state index contributed by atoms with van der Waals surface area (Å²) in [5.74, 6) is -1.96. The third kappa shape index (κ3) is 2.65. The van der Waals surface area contributed by atoms with Crippen LogP contribution in [0.3, 0.4) is 0 Å². The molecule has 1 N–H and O–H groups in total. The van der Waals surface area contributed by atoms with Crippen LogP contribution in [0, 0.1) is 5.82 Å². The first-order valence-electron chi connectivity index (χ1n) is 4.93. The molecule has 0 bridgehead atoms. The van der Waals surface area contributed by atoms with E-state index in [4.69, 9.17) is 5.11 Å². The normalized spacial score (nSPS) is 10.2. The van der Waals surface area contributed by atoms with Gasteiger partial charge in [0.1, 0.15) is 11.4 Å². The molecule has 0 saturated carbocycles. The quantitative estimate of drug-likeness (QED) is 0.900. The Morgan fingerprint density at radius 1 is 1.06 bits per heavy atom. The summed E-state index contributed by atoms with van der Waals surface area (Å²) in [7, 11) is 0. The van der Waals surface area contributed by atoms with Crippen molar-refractivity contribution in [3.63, 3.8) is 0 Å². The van der Waals surface area contributed by atoms with Crippen LogP contribution in [-0.4, -0.2) is 11.1 Å². The molecular formula is C13H9FO2S. The summed E-state index contributed by atoms with van der Waals surface area (Å²) in [6, 6.07) is 13.5. The molecule has 0 aliphatic carbocycles. The Morgan fingerprint density at radius 3 is 2.41 bits per heavy atom. The summed E-state index contributed by atoms with van der Waals surface area (Å²) >= 11 is 1.24. The van der Waals surface area contributed by atoms with E-state index in [0.29, 0.717) is 4.90 Å². The molecule has 2 aromatic carbocycles. The van der Waals surface area contributed by atoms with Gasteiger partial charge in [-0.1, -0.05) is 36.0 Å². The molecule has 0 amide bonds. The van der Waals surface area contributed by atoms with Gasteiger partial charge in [0.25, 0.3) is 0 Å². The Bertz CT molecular complexity index is 540. The molecule has 0 aromatic heterocycles. The summed E-state index contributed by atoms with van der Waals surface area (Å²) in [4.78, 5) is 12.3. The number of halogens is 1. The highest BCUT2D eigenvalue weighted by Gasteiger charge is 2.16. The van der Waals surface area contributed by atoms with Crippen molar-refractivity contribution in [2.45, 2.75) is 9.79 Å². The van der Waals surface area contributed by atoms with Crippen molar-refractivity contribution < 1.29 is 14.3 Å². The molecule has 0 radical (unpaired) electrons. The molecule has 0 unspecified atom stereocenters. The highest BCUT2D eigenvalue weighted by molar-refractivity contribution is 7.99. The topological polar surface area (TPSA) is 37.3 Å². The maximum atomic E-state index is 13.4. The lowest BCUT2D eigenvalue weighted by molar-refractivity contribution is 0.0688. The minimum atomic E-state index is -1.25. The van der Waals surface area contributed by atoms with Gasteiger partial charge in [-0.25, -0.2) is 9.18 Å². The van der Waals surface area contributed by atoms with Gasteiger partial charge in [-0.2, -0.15) is 0 Å². The largest absolute Gasteiger partial charge is 0.478 e. The molecule has 17 heavy (non-hydrogen) atoms. The number of carboxylic acid groups (broad SMARTS) is 1. The Balaban J connectivity index is 2.40. The number of hydrogen-bond acceptors (Lipinski definition) is 2. The Kier molecular flexibility index (Phi) is 3.44. The fourth-order valence-electron chi connectivity index (χ4n) is 1.41. The molecule has 2 rings (SSSR count). The third-order valence-corrected chi connectivity index (χ3v) is 3.23. The molecule has 0 heterocycles. The molecule has 2 aromatic rings. The first kappa shape index (κ1) is 11.7. The van der Waals surface area contributed by atoms with Gasteiger partial charge < -0.3 is 5.11 Å². The maximum Gasteiger partial charge on any atom is 0.339 e. The monoisotopic (exact) mass is 248 g/mol. The lowest BCUT2D eigenvalue weighted by Crippen LogP contribution is -2.02. The number of aromatic carboxylic acids is 1. The van der Waals surface area contributed by atoms with Crippen LogP contribution in [0.1, 0.15) is 10.4 Å². The number of hydrogen-bond donors (Lipinski definition) is 1. The van der Waals surface area contributed by atoms with Crippen LogP contribution in [0.4, 0.5) is 4.39 Å². The molecule has 0 fully saturated rings. The molecule has 0 spiro atoms. The lowest BCUT2D eigenvalue weighted by Gasteiger charge is -2.06. The Hall–Kier alpha value is -1.81. The predicted octanol–water partition coefficient (Wildman–Crippen LogP) is 3.68. The second-order valence-corrected chi connectivity index (χ2v) is 4.45. The summed E-state index contributed by atoms with van der Waals surface area (Å²) in [5, 5.41) is 8.97. The fourth-order valence-corrected chi connectivity index (χ4v) is 2.39. The SMILES string of the molecule is O=C(O)c1c(F)cccc1Sc1ccccc1. The van der Waals surface area contributed by atoms with E-state index in [-0.39, 0.29) is 5.56 Å². The lowest BCUT2D eigenvalue weighted by atomic mass is 10.2. The van der Waals surface area contributed by atoms with E-state index < -0.39 is 11.8 Å². The van der Waals surface area contributed by atoms with Crippen LogP contribution in [0.15, 0.2) is 58.3 Å². The first-order chi connectivity index (χ1) is 8.18. The van der Waals surface area contributed by atoms with Crippen molar-refractivity contribution in [1.82, 2.24) is 0 Å². The Labute approximate surface area is 102 Å². The van der Waals surface area contributed by atoms with Gasteiger partial charge >= 0.3 is 5.97 Å². The molecule has 86 valence electrons. The van der Waals surface area contributed by atoms with Gasteiger partial charge in [0.2, 0.25) is 0 Å². The number of carboxylic acids is 1. The van der Waals surface area contributed by atoms with E-state index in [2.05, 4.69) is 0 Å². The molecule has 0 saturated heterocycles.